The predicted molar refractivity (Wildman–Crippen MR) is 92.3 cm³/mol. The first-order valence-corrected chi connectivity index (χ1v) is 8.04. The van der Waals surface area contributed by atoms with E-state index in [1.807, 2.05) is 52.8 Å². The molecule has 23 heavy (non-hydrogen) atoms. The van der Waals surface area contributed by atoms with Crippen LogP contribution in [0, 0.1) is 0 Å². The summed E-state index contributed by atoms with van der Waals surface area (Å²) in [7, 11) is 0. The van der Waals surface area contributed by atoms with Crippen LogP contribution in [0.15, 0.2) is 24.3 Å². The lowest BCUT2D eigenvalue weighted by atomic mass is 9.86. The minimum atomic E-state index is -0.973. The van der Waals surface area contributed by atoms with E-state index in [-0.39, 0.29) is 12.0 Å². The van der Waals surface area contributed by atoms with Gasteiger partial charge in [-0.3, -0.25) is 9.59 Å². The van der Waals surface area contributed by atoms with Crippen LogP contribution in [-0.2, 0) is 15.0 Å². The van der Waals surface area contributed by atoms with E-state index >= 15 is 0 Å². The van der Waals surface area contributed by atoms with Crippen molar-refractivity contribution >= 4 is 17.5 Å². The Hall–Kier alpha value is -1.88. The number of hydrogen-bond acceptors (Lipinski definition) is 3. The lowest BCUT2D eigenvalue weighted by molar-refractivity contribution is -0.136. The van der Waals surface area contributed by atoms with E-state index in [9.17, 15) is 14.7 Å². The fourth-order valence-corrected chi connectivity index (χ4v) is 2.25. The van der Waals surface area contributed by atoms with Crippen LogP contribution in [0.3, 0.4) is 0 Å². The highest BCUT2D eigenvalue weighted by Gasteiger charge is 2.25. The van der Waals surface area contributed by atoms with E-state index in [2.05, 4.69) is 10.6 Å². The van der Waals surface area contributed by atoms with Crippen molar-refractivity contribution in [1.29, 1.82) is 0 Å². The maximum atomic E-state index is 12.1. The molecule has 0 spiro atoms. The summed E-state index contributed by atoms with van der Waals surface area (Å²) in [6, 6.07) is 7.43. The average molecular weight is 320 g/mol. The molecule has 0 fully saturated rings. The molecule has 0 aliphatic rings. The average Bonchev–Trinajstić information content (AvgIpc) is 2.51. The monoisotopic (exact) mass is 320 g/mol. The summed E-state index contributed by atoms with van der Waals surface area (Å²) in [4.78, 5) is 24.0. The van der Waals surface area contributed by atoms with E-state index in [1.165, 1.54) is 0 Å². The molecule has 0 saturated heterocycles. The topological polar surface area (TPSA) is 78.4 Å². The number of amides is 2. The molecule has 5 nitrogen and oxygen atoms in total. The van der Waals surface area contributed by atoms with Crippen molar-refractivity contribution in [2.75, 3.05) is 11.9 Å². The molecule has 0 aliphatic carbocycles. The first-order valence-electron chi connectivity index (χ1n) is 8.04. The Bertz CT molecular complexity index is 558. The molecule has 128 valence electrons. The Labute approximate surface area is 138 Å². The van der Waals surface area contributed by atoms with Gasteiger partial charge in [0, 0.05) is 12.2 Å². The van der Waals surface area contributed by atoms with Gasteiger partial charge in [0.05, 0.1) is 5.60 Å². The minimum Gasteiger partial charge on any atom is -0.388 e. The number of para-hydroxylation sites is 1. The molecule has 0 atom stereocenters. The summed E-state index contributed by atoms with van der Waals surface area (Å²) >= 11 is 0. The van der Waals surface area contributed by atoms with Crippen LogP contribution < -0.4 is 10.6 Å². The Morgan fingerprint density at radius 3 is 2.13 bits per heavy atom. The van der Waals surface area contributed by atoms with Gasteiger partial charge in [-0.15, -0.1) is 0 Å². The van der Waals surface area contributed by atoms with Gasteiger partial charge in [-0.05, 0) is 29.9 Å². The molecule has 5 heteroatoms. The van der Waals surface area contributed by atoms with Crippen molar-refractivity contribution in [2.24, 2.45) is 0 Å². The number of aliphatic hydroxyl groups is 1. The molecule has 3 N–H and O–H groups in total. The van der Waals surface area contributed by atoms with Gasteiger partial charge in [-0.25, -0.2) is 0 Å². The third-order valence-corrected chi connectivity index (χ3v) is 4.08. The zero-order chi connectivity index (χ0) is 17.7. The molecule has 1 aromatic rings. The SMILES string of the molecule is CCC(O)(CC)CNC(=O)C(=O)Nc1ccccc1C(C)(C)C. The van der Waals surface area contributed by atoms with E-state index in [0.717, 1.165) is 5.56 Å². The molecular weight excluding hydrogens is 292 g/mol. The Morgan fingerprint density at radius 1 is 1.04 bits per heavy atom. The number of carbonyl (C=O) groups excluding carboxylic acids is 2. The molecule has 1 rings (SSSR count). The molecule has 0 aromatic heterocycles. The second kappa shape index (κ2) is 7.59. The van der Waals surface area contributed by atoms with Gasteiger partial charge >= 0.3 is 11.8 Å². The highest BCUT2D eigenvalue weighted by molar-refractivity contribution is 6.39. The van der Waals surface area contributed by atoms with Crippen molar-refractivity contribution in [3.05, 3.63) is 29.8 Å². The number of hydrogen-bond donors (Lipinski definition) is 3. The molecule has 0 saturated carbocycles. The Kier molecular flexibility index (Phi) is 6.33. The van der Waals surface area contributed by atoms with Gasteiger partial charge in [0.1, 0.15) is 0 Å². The number of benzene rings is 1. The van der Waals surface area contributed by atoms with Crippen molar-refractivity contribution < 1.29 is 14.7 Å². The third-order valence-electron chi connectivity index (χ3n) is 4.08. The number of rotatable bonds is 5. The zero-order valence-electron chi connectivity index (χ0n) is 14.7. The number of carbonyl (C=O) groups is 2. The van der Waals surface area contributed by atoms with Crippen LogP contribution in [0.2, 0.25) is 0 Å². The van der Waals surface area contributed by atoms with Gasteiger partial charge < -0.3 is 15.7 Å². The van der Waals surface area contributed by atoms with Gasteiger partial charge in [-0.2, -0.15) is 0 Å². The van der Waals surface area contributed by atoms with Crippen LogP contribution in [0.25, 0.3) is 0 Å². The molecule has 0 unspecified atom stereocenters. The van der Waals surface area contributed by atoms with Gasteiger partial charge in [0.15, 0.2) is 0 Å². The largest absolute Gasteiger partial charge is 0.388 e. The van der Waals surface area contributed by atoms with Gasteiger partial charge in [0.25, 0.3) is 0 Å². The first kappa shape index (κ1) is 19.2. The van der Waals surface area contributed by atoms with Crippen LogP contribution in [0.5, 0.6) is 0 Å². The Balaban J connectivity index is 2.76. The molecule has 0 heterocycles. The number of anilines is 1. The molecule has 0 radical (unpaired) electrons. The Morgan fingerprint density at radius 2 is 1.61 bits per heavy atom. The van der Waals surface area contributed by atoms with E-state index < -0.39 is 17.4 Å². The predicted octanol–water partition coefficient (Wildman–Crippen LogP) is 2.59. The lowest BCUT2D eigenvalue weighted by Gasteiger charge is -2.25. The van der Waals surface area contributed by atoms with Gasteiger partial charge in [-0.1, -0.05) is 52.8 Å². The number of nitrogens with one attached hydrogen (secondary N) is 2. The molecule has 2 amide bonds. The van der Waals surface area contributed by atoms with Crippen LogP contribution in [0.4, 0.5) is 5.69 Å². The maximum absolute atomic E-state index is 12.1. The third kappa shape index (κ3) is 5.36. The fourth-order valence-electron chi connectivity index (χ4n) is 2.25. The zero-order valence-corrected chi connectivity index (χ0v) is 14.7. The van der Waals surface area contributed by atoms with Gasteiger partial charge in [0.2, 0.25) is 0 Å². The fraction of sp³-hybridized carbons (Fsp3) is 0.556. The van der Waals surface area contributed by atoms with Crippen molar-refractivity contribution in [2.45, 2.75) is 58.5 Å². The molecule has 0 bridgehead atoms. The highest BCUT2D eigenvalue weighted by atomic mass is 16.3. The van der Waals surface area contributed by atoms with Crippen LogP contribution in [0.1, 0.15) is 53.0 Å². The molecule has 1 aromatic carbocycles. The minimum absolute atomic E-state index is 0.0627. The van der Waals surface area contributed by atoms with Crippen molar-refractivity contribution in [1.82, 2.24) is 5.32 Å². The van der Waals surface area contributed by atoms with Crippen molar-refractivity contribution in [3.8, 4) is 0 Å². The maximum Gasteiger partial charge on any atom is 0.313 e. The van der Waals surface area contributed by atoms with E-state index in [1.54, 1.807) is 6.07 Å². The summed E-state index contributed by atoms with van der Waals surface area (Å²) in [5, 5.41) is 15.3. The second-order valence-electron chi connectivity index (χ2n) is 6.86. The van der Waals surface area contributed by atoms with Crippen molar-refractivity contribution in [3.63, 3.8) is 0 Å². The first-order chi connectivity index (χ1) is 10.6. The normalized spacial score (nSPS) is 11.9. The quantitative estimate of drug-likeness (QED) is 0.730. The second-order valence-corrected chi connectivity index (χ2v) is 6.86. The van der Waals surface area contributed by atoms with E-state index in [4.69, 9.17) is 0 Å². The van der Waals surface area contributed by atoms with Crippen LogP contribution in [-0.4, -0.2) is 29.1 Å². The summed E-state index contributed by atoms with van der Waals surface area (Å²) in [5.41, 5.74) is 0.464. The summed E-state index contributed by atoms with van der Waals surface area (Å²) in [6.45, 7) is 9.87. The molecular formula is C18H28N2O3. The highest BCUT2D eigenvalue weighted by Crippen LogP contribution is 2.29. The molecule has 0 aliphatic heterocycles. The summed E-state index contributed by atoms with van der Waals surface area (Å²) < 4.78 is 0. The smallest absolute Gasteiger partial charge is 0.313 e. The summed E-state index contributed by atoms with van der Waals surface area (Å²) in [6.07, 6.45) is 1.02. The standard InChI is InChI=1S/C18H28N2O3/c1-6-18(23,7-2)12-19-15(21)16(22)20-14-11-9-8-10-13(14)17(3,4)5/h8-11,23H,6-7,12H2,1-5H3,(H,19,21)(H,20,22). The summed E-state index contributed by atoms with van der Waals surface area (Å²) in [5.74, 6) is -1.47. The van der Waals surface area contributed by atoms with Crippen LogP contribution >= 0.6 is 0 Å². The lowest BCUT2D eigenvalue weighted by Crippen LogP contribution is -2.45. The van der Waals surface area contributed by atoms with E-state index in [0.29, 0.717) is 18.5 Å².